The number of aryl methyl sites for hydroxylation is 1. The Hall–Kier alpha value is -2.76. The summed E-state index contributed by atoms with van der Waals surface area (Å²) in [6.07, 6.45) is 6.88. The van der Waals surface area contributed by atoms with E-state index in [0.29, 0.717) is 11.7 Å². The number of pyridine rings is 1. The molecule has 0 aliphatic carbocycles. The van der Waals surface area contributed by atoms with Gasteiger partial charge in [-0.1, -0.05) is 0 Å². The van der Waals surface area contributed by atoms with Gasteiger partial charge in [0.2, 0.25) is 5.88 Å². The van der Waals surface area contributed by atoms with Crippen molar-refractivity contribution in [2.24, 2.45) is 0 Å². The second-order valence-electron chi connectivity index (χ2n) is 4.28. The van der Waals surface area contributed by atoms with E-state index in [1.54, 1.807) is 24.2 Å². The van der Waals surface area contributed by atoms with E-state index in [4.69, 9.17) is 4.74 Å². The van der Waals surface area contributed by atoms with Crippen molar-refractivity contribution in [2.45, 2.75) is 6.92 Å². The molecular formula is C14H13N5O. The van der Waals surface area contributed by atoms with E-state index < -0.39 is 0 Å². The summed E-state index contributed by atoms with van der Waals surface area (Å²) in [5, 5.41) is 4.24. The van der Waals surface area contributed by atoms with Crippen molar-refractivity contribution in [2.75, 3.05) is 7.11 Å². The maximum Gasteiger partial charge on any atom is 0.222 e. The molecule has 20 heavy (non-hydrogen) atoms. The number of hydrogen-bond donors (Lipinski definition) is 0. The lowest BCUT2D eigenvalue weighted by Gasteiger charge is -2.07. The highest BCUT2D eigenvalue weighted by atomic mass is 16.5. The fourth-order valence-electron chi connectivity index (χ4n) is 1.91. The van der Waals surface area contributed by atoms with Crippen LogP contribution in [0.25, 0.3) is 17.1 Å². The average molecular weight is 267 g/mol. The van der Waals surface area contributed by atoms with Gasteiger partial charge in [-0.2, -0.15) is 5.10 Å². The topological polar surface area (TPSA) is 65.7 Å². The maximum atomic E-state index is 5.26. The fourth-order valence-corrected chi connectivity index (χ4v) is 1.91. The average Bonchev–Trinajstić information content (AvgIpc) is 2.94. The molecule has 0 aliphatic rings. The molecule has 0 aliphatic heterocycles. The Morgan fingerprint density at radius 3 is 2.85 bits per heavy atom. The molecule has 6 nitrogen and oxygen atoms in total. The number of nitrogens with zero attached hydrogens (tertiary/aromatic N) is 5. The predicted octanol–water partition coefficient (Wildman–Crippen LogP) is 2.04. The lowest BCUT2D eigenvalue weighted by Crippen LogP contribution is -2.00. The van der Waals surface area contributed by atoms with Crippen molar-refractivity contribution in [1.29, 1.82) is 0 Å². The van der Waals surface area contributed by atoms with Crippen molar-refractivity contribution in [3.8, 4) is 23.0 Å². The highest BCUT2D eigenvalue weighted by Crippen LogP contribution is 2.26. The van der Waals surface area contributed by atoms with Gasteiger partial charge in [0.25, 0.3) is 0 Å². The van der Waals surface area contributed by atoms with Crippen molar-refractivity contribution in [1.82, 2.24) is 24.7 Å². The minimum Gasteiger partial charge on any atom is -0.481 e. The van der Waals surface area contributed by atoms with E-state index in [9.17, 15) is 0 Å². The highest BCUT2D eigenvalue weighted by Gasteiger charge is 2.09. The van der Waals surface area contributed by atoms with E-state index in [1.807, 2.05) is 31.3 Å². The zero-order valence-electron chi connectivity index (χ0n) is 11.2. The standard InChI is InChI=1S/C14H13N5O/c1-10-7-18-19(8-10)13-6-12(16-9-17-13)11-4-3-5-15-14(11)20-2/h3-9H,1-2H3. The van der Waals surface area contributed by atoms with Crippen LogP contribution in [-0.4, -0.2) is 31.8 Å². The molecule has 0 fully saturated rings. The van der Waals surface area contributed by atoms with E-state index in [0.717, 1.165) is 16.8 Å². The second-order valence-corrected chi connectivity index (χ2v) is 4.28. The van der Waals surface area contributed by atoms with Crippen LogP contribution in [0.3, 0.4) is 0 Å². The first-order valence-corrected chi connectivity index (χ1v) is 6.11. The van der Waals surface area contributed by atoms with Crippen LogP contribution in [0.15, 0.2) is 43.1 Å². The number of ether oxygens (including phenoxy) is 1. The Bertz CT molecular complexity index is 738. The number of methoxy groups -OCH3 is 1. The van der Waals surface area contributed by atoms with Gasteiger partial charge in [0, 0.05) is 18.5 Å². The van der Waals surface area contributed by atoms with Gasteiger partial charge >= 0.3 is 0 Å². The van der Waals surface area contributed by atoms with Crippen LogP contribution in [-0.2, 0) is 0 Å². The summed E-state index contributed by atoms with van der Waals surface area (Å²) in [5.41, 5.74) is 2.64. The molecule has 0 radical (unpaired) electrons. The van der Waals surface area contributed by atoms with Gasteiger partial charge in [-0.15, -0.1) is 0 Å². The fraction of sp³-hybridized carbons (Fsp3) is 0.143. The van der Waals surface area contributed by atoms with Gasteiger partial charge in [0.1, 0.15) is 6.33 Å². The summed E-state index contributed by atoms with van der Waals surface area (Å²) in [4.78, 5) is 12.7. The van der Waals surface area contributed by atoms with Crippen LogP contribution in [0.1, 0.15) is 5.56 Å². The van der Waals surface area contributed by atoms with Crippen LogP contribution in [0.5, 0.6) is 5.88 Å². The molecule has 100 valence electrons. The molecule has 0 unspecified atom stereocenters. The minimum absolute atomic E-state index is 0.536. The van der Waals surface area contributed by atoms with Gasteiger partial charge in [0.15, 0.2) is 5.82 Å². The van der Waals surface area contributed by atoms with E-state index in [-0.39, 0.29) is 0 Å². The molecule has 0 spiro atoms. The molecule has 0 saturated carbocycles. The van der Waals surface area contributed by atoms with Gasteiger partial charge in [-0.3, -0.25) is 0 Å². The summed E-state index contributed by atoms with van der Waals surface area (Å²) in [6.45, 7) is 1.98. The van der Waals surface area contributed by atoms with E-state index in [2.05, 4.69) is 20.1 Å². The minimum atomic E-state index is 0.536. The summed E-state index contributed by atoms with van der Waals surface area (Å²) in [5.74, 6) is 1.24. The summed E-state index contributed by atoms with van der Waals surface area (Å²) >= 11 is 0. The molecule has 6 heteroatoms. The first kappa shape index (κ1) is 12.3. The van der Waals surface area contributed by atoms with Crippen LogP contribution in [0, 0.1) is 6.92 Å². The Morgan fingerprint density at radius 1 is 1.20 bits per heavy atom. The van der Waals surface area contributed by atoms with Crippen molar-refractivity contribution < 1.29 is 4.74 Å². The first-order valence-electron chi connectivity index (χ1n) is 6.11. The zero-order valence-corrected chi connectivity index (χ0v) is 11.2. The molecule has 3 aromatic rings. The summed E-state index contributed by atoms with van der Waals surface area (Å²) in [7, 11) is 1.59. The Kier molecular flexibility index (Phi) is 3.12. The monoisotopic (exact) mass is 267 g/mol. The Morgan fingerprint density at radius 2 is 2.10 bits per heavy atom. The van der Waals surface area contributed by atoms with E-state index >= 15 is 0 Å². The van der Waals surface area contributed by atoms with Gasteiger partial charge in [-0.05, 0) is 24.6 Å². The molecule has 3 heterocycles. The molecule has 0 amide bonds. The molecule has 0 bridgehead atoms. The molecule has 3 aromatic heterocycles. The Labute approximate surface area is 116 Å². The molecular weight excluding hydrogens is 254 g/mol. The normalized spacial score (nSPS) is 10.5. The first-order chi connectivity index (χ1) is 9.78. The van der Waals surface area contributed by atoms with Gasteiger partial charge in [0.05, 0.1) is 24.6 Å². The lowest BCUT2D eigenvalue weighted by atomic mass is 10.2. The molecule has 0 aromatic carbocycles. The van der Waals surface area contributed by atoms with E-state index in [1.165, 1.54) is 6.33 Å². The lowest BCUT2D eigenvalue weighted by molar-refractivity contribution is 0.399. The number of aromatic nitrogens is 5. The quantitative estimate of drug-likeness (QED) is 0.726. The maximum absolute atomic E-state index is 5.26. The van der Waals surface area contributed by atoms with Crippen LogP contribution < -0.4 is 4.74 Å². The molecule has 3 rings (SSSR count). The second kappa shape index (κ2) is 5.08. The Balaban J connectivity index is 2.07. The van der Waals surface area contributed by atoms with Crippen LogP contribution >= 0.6 is 0 Å². The molecule has 0 atom stereocenters. The summed E-state index contributed by atoms with van der Waals surface area (Å²) < 4.78 is 6.97. The molecule has 0 saturated heterocycles. The predicted molar refractivity (Wildman–Crippen MR) is 73.7 cm³/mol. The van der Waals surface area contributed by atoms with Crippen LogP contribution in [0.2, 0.25) is 0 Å². The third-order valence-electron chi connectivity index (χ3n) is 2.84. The van der Waals surface area contributed by atoms with Crippen LogP contribution in [0.4, 0.5) is 0 Å². The third-order valence-corrected chi connectivity index (χ3v) is 2.84. The smallest absolute Gasteiger partial charge is 0.222 e. The van der Waals surface area contributed by atoms with Gasteiger partial charge in [-0.25, -0.2) is 19.6 Å². The van der Waals surface area contributed by atoms with Gasteiger partial charge < -0.3 is 4.74 Å². The number of rotatable bonds is 3. The SMILES string of the molecule is COc1ncccc1-c1cc(-n2cc(C)cn2)ncn1. The largest absolute Gasteiger partial charge is 0.481 e. The highest BCUT2D eigenvalue weighted by molar-refractivity contribution is 5.65. The van der Waals surface area contributed by atoms with Crippen molar-refractivity contribution in [3.05, 3.63) is 48.7 Å². The summed E-state index contributed by atoms with van der Waals surface area (Å²) in [6, 6.07) is 5.61. The van der Waals surface area contributed by atoms with Crippen molar-refractivity contribution >= 4 is 0 Å². The zero-order chi connectivity index (χ0) is 13.9. The van der Waals surface area contributed by atoms with Crippen molar-refractivity contribution in [3.63, 3.8) is 0 Å². The number of hydrogen-bond acceptors (Lipinski definition) is 5. The molecule has 0 N–H and O–H groups in total. The third kappa shape index (κ3) is 2.23.